The molecule has 0 aliphatic rings. The first-order chi connectivity index (χ1) is 7.52. The Labute approximate surface area is 92.4 Å². The molecule has 4 N–H and O–H groups in total. The monoisotopic (exact) mass is 223 g/mol. The molecule has 0 bridgehead atoms. The first-order valence-electron chi connectivity index (χ1n) is 4.82. The van der Waals surface area contributed by atoms with Crippen molar-refractivity contribution < 1.29 is 9.72 Å². The second kappa shape index (κ2) is 5.11. The van der Waals surface area contributed by atoms with Crippen molar-refractivity contribution in [2.75, 3.05) is 5.73 Å². The summed E-state index contributed by atoms with van der Waals surface area (Å²) in [4.78, 5) is 20.8. The van der Waals surface area contributed by atoms with Crippen LogP contribution in [0.1, 0.15) is 18.4 Å². The van der Waals surface area contributed by atoms with Crippen LogP contribution in [0.2, 0.25) is 0 Å². The highest BCUT2D eigenvalue weighted by Crippen LogP contribution is 2.25. The zero-order valence-corrected chi connectivity index (χ0v) is 8.68. The molecule has 0 radical (unpaired) electrons. The maximum absolute atomic E-state index is 10.7. The van der Waals surface area contributed by atoms with Crippen LogP contribution in [-0.2, 0) is 11.2 Å². The molecule has 1 aromatic carbocycles. The maximum atomic E-state index is 10.7. The number of nitro benzene ring substituents is 1. The highest BCUT2D eigenvalue weighted by molar-refractivity contribution is 5.73. The lowest BCUT2D eigenvalue weighted by atomic mass is 10.0. The summed E-state index contributed by atoms with van der Waals surface area (Å²) in [5.74, 6) is -0.419. The van der Waals surface area contributed by atoms with Gasteiger partial charge in [-0.15, -0.1) is 0 Å². The van der Waals surface area contributed by atoms with Crippen molar-refractivity contribution in [1.29, 1.82) is 0 Å². The number of nitrogens with zero attached hydrogens (tertiary/aromatic N) is 1. The van der Waals surface area contributed by atoms with E-state index >= 15 is 0 Å². The summed E-state index contributed by atoms with van der Waals surface area (Å²) in [7, 11) is 0. The van der Waals surface area contributed by atoms with Crippen LogP contribution in [0.3, 0.4) is 0 Å². The van der Waals surface area contributed by atoms with Gasteiger partial charge in [-0.1, -0.05) is 6.07 Å². The summed E-state index contributed by atoms with van der Waals surface area (Å²) in [6.07, 6.45) is 1.04. The van der Waals surface area contributed by atoms with Crippen LogP contribution in [0.25, 0.3) is 0 Å². The van der Waals surface area contributed by atoms with Crippen LogP contribution >= 0.6 is 0 Å². The molecule has 0 saturated carbocycles. The molecule has 0 heterocycles. The average Bonchev–Trinajstić information content (AvgIpc) is 2.19. The molecular formula is C10H13N3O3. The molecule has 86 valence electrons. The number of anilines is 1. The summed E-state index contributed by atoms with van der Waals surface area (Å²) in [5.41, 5.74) is 11.5. The van der Waals surface area contributed by atoms with Gasteiger partial charge in [-0.25, -0.2) is 0 Å². The van der Waals surface area contributed by atoms with Crippen molar-refractivity contribution in [3.63, 3.8) is 0 Å². The topological polar surface area (TPSA) is 112 Å². The second-order valence-corrected chi connectivity index (χ2v) is 3.42. The van der Waals surface area contributed by atoms with E-state index in [1.54, 1.807) is 6.07 Å². The average molecular weight is 223 g/mol. The SMILES string of the molecule is NC(=O)CCCc1c(N)cccc1[N+](=O)[O-]. The van der Waals surface area contributed by atoms with Crippen LogP contribution in [0, 0.1) is 10.1 Å². The normalized spacial score (nSPS) is 10.0. The zero-order chi connectivity index (χ0) is 12.1. The molecule has 1 aromatic rings. The fraction of sp³-hybridized carbons (Fsp3) is 0.300. The standard InChI is InChI=1S/C10H13N3O3/c11-8-4-2-5-9(13(15)16)7(8)3-1-6-10(12)14/h2,4-5H,1,3,6,11H2,(H2,12,14). The molecule has 6 heteroatoms. The van der Waals surface area contributed by atoms with E-state index in [1.807, 2.05) is 0 Å². The number of amides is 1. The van der Waals surface area contributed by atoms with Gasteiger partial charge in [-0.3, -0.25) is 14.9 Å². The van der Waals surface area contributed by atoms with Crippen LogP contribution in [0.5, 0.6) is 0 Å². The maximum Gasteiger partial charge on any atom is 0.274 e. The lowest BCUT2D eigenvalue weighted by molar-refractivity contribution is -0.385. The second-order valence-electron chi connectivity index (χ2n) is 3.42. The first-order valence-corrected chi connectivity index (χ1v) is 4.82. The Kier molecular flexibility index (Phi) is 3.82. The van der Waals surface area contributed by atoms with Crippen molar-refractivity contribution in [1.82, 2.24) is 0 Å². The van der Waals surface area contributed by atoms with E-state index < -0.39 is 10.8 Å². The Morgan fingerprint density at radius 3 is 2.69 bits per heavy atom. The molecule has 0 aliphatic heterocycles. The van der Waals surface area contributed by atoms with Crippen molar-refractivity contribution in [2.45, 2.75) is 19.3 Å². The molecule has 0 aromatic heterocycles. The Morgan fingerprint density at radius 2 is 2.12 bits per heavy atom. The van der Waals surface area contributed by atoms with Crippen LogP contribution in [-0.4, -0.2) is 10.8 Å². The number of carbonyl (C=O) groups is 1. The fourth-order valence-corrected chi connectivity index (χ4v) is 1.47. The molecule has 6 nitrogen and oxygen atoms in total. The highest BCUT2D eigenvalue weighted by Gasteiger charge is 2.15. The Hall–Kier alpha value is -2.11. The third-order valence-electron chi connectivity index (χ3n) is 2.23. The molecule has 0 atom stereocenters. The van der Waals surface area contributed by atoms with Crippen molar-refractivity contribution >= 4 is 17.3 Å². The van der Waals surface area contributed by atoms with Gasteiger partial charge in [0.2, 0.25) is 5.91 Å². The van der Waals surface area contributed by atoms with E-state index in [4.69, 9.17) is 11.5 Å². The van der Waals surface area contributed by atoms with Crippen molar-refractivity contribution in [2.24, 2.45) is 5.73 Å². The lowest BCUT2D eigenvalue weighted by Crippen LogP contribution is -2.10. The molecule has 0 spiro atoms. The predicted octanol–water partition coefficient (Wildman–Crippen LogP) is 0.985. The number of nitro groups is 1. The number of carbonyl (C=O) groups excluding carboxylic acids is 1. The van der Waals surface area contributed by atoms with E-state index in [0.29, 0.717) is 24.1 Å². The van der Waals surface area contributed by atoms with Gasteiger partial charge in [0.15, 0.2) is 0 Å². The number of benzene rings is 1. The lowest BCUT2D eigenvalue weighted by Gasteiger charge is -2.05. The Balaban J connectivity index is 2.84. The van der Waals surface area contributed by atoms with E-state index in [-0.39, 0.29) is 12.1 Å². The van der Waals surface area contributed by atoms with Gasteiger partial charge in [0.25, 0.3) is 5.69 Å². The Morgan fingerprint density at radius 1 is 1.44 bits per heavy atom. The highest BCUT2D eigenvalue weighted by atomic mass is 16.6. The molecular weight excluding hydrogens is 210 g/mol. The van der Waals surface area contributed by atoms with E-state index in [2.05, 4.69) is 0 Å². The minimum Gasteiger partial charge on any atom is -0.398 e. The van der Waals surface area contributed by atoms with E-state index in [1.165, 1.54) is 12.1 Å². The number of hydrogen-bond acceptors (Lipinski definition) is 4. The third kappa shape index (κ3) is 2.94. The van der Waals surface area contributed by atoms with Crippen molar-refractivity contribution in [3.8, 4) is 0 Å². The van der Waals surface area contributed by atoms with E-state index in [0.717, 1.165) is 0 Å². The van der Waals surface area contributed by atoms with Crippen molar-refractivity contribution in [3.05, 3.63) is 33.9 Å². The predicted molar refractivity (Wildman–Crippen MR) is 59.6 cm³/mol. The van der Waals surface area contributed by atoms with Gasteiger partial charge in [0.1, 0.15) is 0 Å². The molecule has 0 saturated heterocycles. The number of nitrogens with two attached hydrogens (primary N) is 2. The number of primary amides is 1. The van der Waals surface area contributed by atoms with E-state index in [9.17, 15) is 14.9 Å². The van der Waals surface area contributed by atoms with Gasteiger partial charge in [-0.05, 0) is 18.9 Å². The molecule has 0 aliphatic carbocycles. The smallest absolute Gasteiger partial charge is 0.274 e. The molecule has 0 fully saturated rings. The quantitative estimate of drug-likeness (QED) is 0.440. The summed E-state index contributed by atoms with van der Waals surface area (Å²) in [5, 5.41) is 10.7. The zero-order valence-electron chi connectivity index (χ0n) is 8.68. The minimum atomic E-state index is -0.476. The number of nitrogen functional groups attached to an aromatic ring is 1. The van der Waals surface area contributed by atoms with Gasteiger partial charge in [-0.2, -0.15) is 0 Å². The molecule has 16 heavy (non-hydrogen) atoms. The van der Waals surface area contributed by atoms with Gasteiger partial charge >= 0.3 is 0 Å². The van der Waals surface area contributed by atoms with Crippen LogP contribution < -0.4 is 11.5 Å². The largest absolute Gasteiger partial charge is 0.398 e. The van der Waals surface area contributed by atoms with Crippen LogP contribution in [0.15, 0.2) is 18.2 Å². The van der Waals surface area contributed by atoms with Crippen LogP contribution in [0.4, 0.5) is 11.4 Å². The summed E-state index contributed by atoms with van der Waals surface area (Å²) in [6, 6.07) is 4.54. The number of rotatable bonds is 5. The first kappa shape index (κ1) is 12.0. The minimum absolute atomic E-state index is 0.00975. The Bertz CT molecular complexity index is 418. The molecule has 1 amide bonds. The summed E-state index contributed by atoms with van der Waals surface area (Å²) < 4.78 is 0. The summed E-state index contributed by atoms with van der Waals surface area (Å²) >= 11 is 0. The van der Waals surface area contributed by atoms with Gasteiger partial charge in [0.05, 0.1) is 10.5 Å². The molecule has 1 rings (SSSR count). The van der Waals surface area contributed by atoms with Gasteiger partial charge < -0.3 is 11.5 Å². The fourth-order valence-electron chi connectivity index (χ4n) is 1.47. The molecule has 0 unspecified atom stereocenters. The summed E-state index contributed by atoms with van der Waals surface area (Å²) in [6.45, 7) is 0. The third-order valence-corrected chi connectivity index (χ3v) is 2.23. The van der Waals surface area contributed by atoms with Gasteiger partial charge in [0, 0.05) is 18.2 Å². The number of hydrogen-bond donors (Lipinski definition) is 2.